The smallest absolute Gasteiger partial charge is 0.151 e. The standard InChI is InChI=1S/C13H24O2/c1-10(2)15-13(9-14)7-11(3)6-12(4,5)8-13/h9-11H,6-8H2,1-5H3. The molecule has 0 bridgehead atoms. The van der Waals surface area contributed by atoms with E-state index in [0.717, 1.165) is 19.1 Å². The largest absolute Gasteiger partial charge is 0.365 e. The van der Waals surface area contributed by atoms with E-state index in [-0.39, 0.29) is 11.5 Å². The second-order valence-electron chi connectivity index (χ2n) is 6.20. The van der Waals surface area contributed by atoms with E-state index >= 15 is 0 Å². The second kappa shape index (κ2) is 4.25. The van der Waals surface area contributed by atoms with Crippen LogP contribution in [-0.2, 0) is 9.53 Å². The Labute approximate surface area is 93.4 Å². The molecule has 0 aromatic rings. The van der Waals surface area contributed by atoms with Gasteiger partial charge in [0, 0.05) is 0 Å². The summed E-state index contributed by atoms with van der Waals surface area (Å²) in [5.74, 6) is 0.567. The summed E-state index contributed by atoms with van der Waals surface area (Å²) in [7, 11) is 0. The summed E-state index contributed by atoms with van der Waals surface area (Å²) in [6.07, 6.45) is 4.06. The van der Waals surface area contributed by atoms with E-state index in [1.165, 1.54) is 6.42 Å². The Bertz CT molecular complexity index is 229. The zero-order valence-corrected chi connectivity index (χ0v) is 10.7. The lowest BCUT2D eigenvalue weighted by Gasteiger charge is -2.45. The highest BCUT2D eigenvalue weighted by atomic mass is 16.5. The molecule has 1 fully saturated rings. The fraction of sp³-hybridized carbons (Fsp3) is 0.923. The van der Waals surface area contributed by atoms with Gasteiger partial charge in [-0.05, 0) is 44.4 Å². The van der Waals surface area contributed by atoms with Crippen molar-refractivity contribution in [1.29, 1.82) is 0 Å². The molecule has 0 aromatic carbocycles. The predicted molar refractivity (Wildman–Crippen MR) is 61.8 cm³/mol. The van der Waals surface area contributed by atoms with Crippen LogP contribution in [-0.4, -0.2) is 18.0 Å². The molecule has 2 nitrogen and oxygen atoms in total. The third-order valence-electron chi connectivity index (χ3n) is 3.06. The number of hydrogen-bond acceptors (Lipinski definition) is 2. The van der Waals surface area contributed by atoms with Crippen molar-refractivity contribution in [2.45, 2.75) is 65.6 Å². The van der Waals surface area contributed by atoms with Crippen LogP contribution in [0.5, 0.6) is 0 Å². The van der Waals surface area contributed by atoms with Gasteiger partial charge in [0.2, 0.25) is 0 Å². The van der Waals surface area contributed by atoms with Crippen molar-refractivity contribution in [1.82, 2.24) is 0 Å². The number of carbonyl (C=O) groups excluding carboxylic acids is 1. The molecule has 88 valence electrons. The van der Waals surface area contributed by atoms with E-state index in [1.807, 2.05) is 13.8 Å². The van der Waals surface area contributed by atoms with Crippen LogP contribution in [0.2, 0.25) is 0 Å². The summed E-state index contributed by atoms with van der Waals surface area (Å²) >= 11 is 0. The SMILES string of the molecule is CC1CC(C)(C)CC(C=O)(OC(C)C)C1. The maximum absolute atomic E-state index is 11.3. The molecule has 1 rings (SSSR count). The summed E-state index contributed by atoms with van der Waals surface area (Å²) in [5.41, 5.74) is -0.317. The van der Waals surface area contributed by atoms with E-state index in [1.54, 1.807) is 0 Å². The van der Waals surface area contributed by atoms with Crippen molar-refractivity contribution >= 4 is 6.29 Å². The maximum Gasteiger partial charge on any atom is 0.151 e. The van der Waals surface area contributed by atoms with Gasteiger partial charge in [-0.3, -0.25) is 0 Å². The zero-order chi connectivity index (χ0) is 11.7. The minimum Gasteiger partial charge on any atom is -0.365 e. The minimum atomic E-state index is -0.532. The fourth-order valence-corrected chi connectivity index (χ4v) is 3.24. The molecule has 0 spiro atoms. The van der Waals surface area contributed by atoms with E-state index in [0.29, 0.717) is 5.92 Å². The highest BCUT2D eigenvalue weighted by molar-refractivity contribution is 5.63. The highest BCUT2D eigenvalue weighted by Crippen LogP contribution is 2.45. The molecule has 0 amide bonds. The molecule has 0 aliphatic heterocycles. The van der Waals surface area contributed by atoms with Gasteiger partial charge in [-0.25, -0.2) is 0 Å². The summed E-state index contributed by atoms with van der Waals surface area (Å²) < 4.78 is 5.87. The van der Waals surface area contributed by atoms with Gasteiger partial charge in [-0.1, -0.05) is 20.8 Å². The number of rotatable bonds is 3. The molecule has 1 aliphatic carbocycles. The molecular weight excluding hydrogens is 188 g/mol. The van der Waals surface area contributed by atoms with Crippen LogP contribution in [0.15, 0.2) is 0 Å². The Kier molecular flexibility index (Phi) is 3.59. The van der Waals surface area contributed by atoms with Gasteiger partial charge in [0.25, 0.3) is 0 Å². The summed E-state index contributed by atoms with van der Waals surface area (Å²) in [6.45, 7) is 10.7. The van der Waals surface area contributed by atoms with Crippen LogP contribution in [0.3, 0.4) is 0 Å². The number of hydrogen-bond donors (Lipinski definition) is 0. The third-order valence-corrected chi connectivity index (χ3v) is 3.06. The molecule has 2 atom stereocenters. The Balaban J connectivity index is 2.83. The first-order chi connectivity index (χ1) is 6.79. The van der Waals surface area contributed by atoms with Gasteiger partial charge in [0.15, 0.2) is 6.29 Å². The van der Waals surface area contributed by atoms with E-state index in [2.05, 4.69) is 20.8 Å². The molecule has 2 unspecified atom stereocenters. The lowest BCUT2D eigenvalue weighted by Crippen LogP contribution is -2.46. The Morgan fingerprint density at radius 1 is 1.33 bits per heavy atom. The molecule has 0 heterocycles. The van der Waals surface area contributed by atoms with Crippen molar-refractivity contribution in [2.75, 3.05) is 0 Å². The van der Waals surface area contributed by atoms with Crippen LogP contribution < -0.4 is 0 Å². The van der Waals surface area contributed by atoms with Crippen molar-refractivity contribution in [3.8, 4) is 0 Å². The minimum absolute atomic E-state index is 0.122. The fourth-order valence-electron chi connectivity index (χ4n) is 3.24. The van der Waals surface area contributed by atoms with Crippen LogP contribution >= 0.6 is 0 Å². The monoisotopic (exact) mass is 212 g/mol. The molecule has 15 heavy (non-hydrogen) atoms. The topological polar surface area (TPSA) is 26.3 Å². The van der Waals surface area contributed by atoms with Crippen molar-refractivity contribution in [2.24, 2.45) is 11.3 Å². The third kappa shape index (κ3) is 3.30. The first kappa shape index (κ1) is 12.7. The van der Waals surface area contributed by atoms with Crippen LogP contribution in [0.4, 0.5) is 0 Å². The zero-order valence-electron chi connectivity index (χ0n) is 10.7. The van der Waals surface area contributed by atoms with E-state index in [9.17, 15) is 4.79 Å². The molecule has 0 radical (unpaired) electrons. The summed E-state index contributed by atoms with van der Waals surface area (Å²) in [5, 5.41) is 0. The average Bonchev–Trinajstić information content (AvgIpc) is 1.98. The highest BCUT2D eigenvalue weighted by Gasteiger charge is 2.44. The average molecular weight is 212 g/mol. The van der Waals surface area contributed by atoms with Gasteiger partial charge >= 0.3 is 0 Å². The number of ether oxygens (including phenoxy) is 1. The molecule has 0 aromatic heterocycles. The predicted octanol–water partition coefficient (Wildman–Crippen LogP) is 3.20. The van der Waals surface area contributed by atoms with Gasteiger partial charge in [-0.2, -0.15) is 0 Å². The van der Waals surface area contributed by atoms with Crippen molar-refractivity contribution in [3.63, 3.8) is 0 Å². The first-order valence-electron chi connectivity index (χ1n) is 5.93. The molecule has 0 N–H and O–H groups in total. The Hall–Kier alpha value is -0.370. The maximum atomic E-state index is 11.3. The van der Waals surface area contributed by atoms with E-state index < -0.39 is 5.60 Å². The van der Waals surface area contributed by atoms with Crippen molar-refractivity contribution < 1.29 is 9.53 Å². The lowest BCUT2D eigenvalue weighted by atomic mass is 9.66. The molecule has 1 saturated carbocycles. The molecular formula is C13H24O2. The molecule has 1 aliphatic rings. The summed E-state index contributed by atoms with van der Waals surface area (Å²) in [6, 6.07) is 0. The molecule has 2 heteroatoms. The normalized spacial score (nSPS) is 35.5. The van der Waals surface area contributed by atoms with Gasteiger partial charge in [-0.15, -0.1) is 0 Å². The van der Waals surface area contributed by atoms with Gasteiger partial charge in [0.1, 0.15) is 5.60 Å². The number of aldehydes is 1. The van der Waals surface area contributed by atoms with Gasteiger partial charge < -0.3 is 9.53 Å². The molecule has 0 saturated heterocycles. The Morgan fingerprint density at radius 3 is 2.33 bits per heavy atom. The summed E-state index contributed by atoms with van der Waals surface area (Å²) in [4.78, 5) is 11.3. The van der Waals surface area contributed by atoms with E-state index in [4.69, 9.17) is 4.74 Å². The second-order valence-corrected chi connectivity index (χ2v) is 6.20. The quantitative estimate of drug-likeness (QED) is 0.671. The first-order valence-corrected chi connectivity index (χ1v) is 5.93. The van der Waals surface area contributed by atoms with Gasteiger partial charge in [0.05, 0.1) is 6.10 Å². The Morgan fingerprint density at radius 2 is 1.93 bits per heavy atom. The van der Waals surface area contributed by atoms with Crippen LogP contribution in [0.25, 0.3) is 0 Å². The number of carbonyl (C=O) groups is 1. The lowest BCUT2D eigenvalue weighted by molar-refractivity contribution is -0.155. The van der Waals surface area contributed by atoms with Crippen molar-refractivity contribution in [3.05, 3.63) is 0 Å². The van der Waals surface area contributed by atoms with Crippen LogP contribution in [0.1, 0.15) is 53.9 Å². The van der Waals surface area contributed by atoms with Crippen LogP contribution in [0, 0.1) is 11.3 Å².